The summed E-state index contributed by atoms with van der Waals surface area (Å²) < 4.78 is 25.2. The molecule has 0 saturated carbocycles. The van der Waals surface area contributed by atoms with Crippen LogP contribution in [0.25, 0.3) is 33.9 Å². The molecule has 9 rings (SSSR count). The fraction of sp³-hybridized carbons (Fsp3) is 0.192. The van der Waals surface area contributed by atoms with Gasteiger partial charge in [0.1, 0.15) is 0 Å². The maximum atomic E-state index is 12.6. The number of nitrogens with zero attached hydrogens (tertiary/aromatic N) is 8. The third-order valence-electron chi connectivity index (χ3n) is 10.4. The van der Waals surface area contributed by atoms with Gasteiger partial charge < -0.3 is 4.74 Å². The van der Waals surface area contributed by atoms with E-state index in [4.69, 9.17) is 4.74 Å². The number of rotatable bonds is 6. The molecule has 0 saturated heterocycles. The number of hydrogen-bond donors (Lipinski definition) is 0. The van der Waals surface area contributed by atoms with E-state index in [0.29, 0.717) is 0 Å². The average molecular weight is 1590 g/mol. The summed E-state index contributed by atoms with van der Waals surface area (Å²) in [4.78, 5) is 0. The van der Waals surface area contributed by atoms with Gasteiger partial charge in [0.2, 0.25) is 0 Å². The summed E-state index contributed by atoms with van der Waals surface area (Å²) in [5.41, 5.74) is 16.5. The summed E-state index contributed by atoms with van der Waals surface area (Å²) >= 11 is 0. The van der Waals surface area contributed by atoms with Crippen LogP contribution in [0.15, 0.2) is 128 Å². The van der Waals surface area contributed by atoms with Crippen molar-refractivity contribution in [2.45, 2.75) is 62.3 Å². The monoisotopic (exact) mass is 1600 g/mol. The minimum absolute atomic E-state index is 0. The van der Waals surface area contributed by atoms with Crippen molar-refractivity contribution in [1.29, 1.82) is 0 Å². The molecule has 4 heterocycles. The Bertz CT molecular complexity index is 2850. The Balaban J connectivity index is 0.000000299. The van der Waals surface area contributed by atoms with Crippen molar-refractivity contribution in [3.63, 3.8) is 0 Å². The van der Waals surface area contributed by atoms with Crippen molar-refractivity contribution in [3.05, 3.63) is 209 Å². The van der Waals surface area contributed by atoms with Gasteiger partial charge in [-0.25, -0.2) is 0 Å². The van der Waals surface area contributed by atoms with E-state index in [1.165, 1.54) is 45.6 Å². The maximum absolute atomic E-state index is 12.6. The molecule has 0 unspecified atom stereocenters. The third-order valence-corrected chi connectivity index (χ3v) is 10.4. The topological polar surface area (TPSA) is 80.5 Å². The minimum Gasteiger partial charge on any atom is -0.554 e. The second-order valence-electron chi connectivity index (χ2n) is 14.9. The van der Waals surface area contributed by atoms with Crippen LogP contribution < -0.4 is 4.74 Å². The zero-order chi connectivity index (χ0) is 44.3. The molecule has 4 aromatic heterocycles. The molecule has 0 amide bonds. The van der Waals surface area contributed by atoms with Gasteiger partial charge in [0, 0.05) is 121 Å². The van der Waals surface area contributed by atoms with Crippen molar-refractivity contribution in [2.75, 3.05) is 7.11 Å². The molecule has 5 aromatic carbocycles. The van der Waals surface area contributed by atoms with Gasteiger partial charge in [-0.3, -0.25) is 23.1 Å². The van der Waals surface area contributed by atoms with E-state index in [9.17, 15) is 4.39 Å². The molecule has 0 spiro atoms. The van der Waals surface area contributed by atoms with Crippen LogP contribution in [0.5, 0.6) is 5.75 Å². The molecule has 0 N–H and O–H groups in total. The van der Waals surface area contributed by atoms with Gasteiger partial charge >= 0.3 is 0 Å². The van der Waals surface area contributed by atoms with Gasteiger partial charge in [-0.1, -0.05) is 44.2 Å². The van der Waals surface area contributed by atoms with E-state index in [2.05, 4.69) is 104 Å². The zero-order valence-corrected chi connectivity index (χ0v) is 47.8. The molecule has 0 aliphatic heterocycles. The number of methoxy groups -OCH3 is 1. The van der Waals surface area contributed by atoms with Crippen LogP contribution >= 0.6 is 0 Å². The van der Waals surface area contributed by atoms with Crippen LogP contribution in [0.1, 0.15) is 50.6 Å². The van der Waals surface area contributed by atoms with Crippen molar-refractivity contribution >= 4 is 0 Å². The van der Waals surface area contributed by atoms with E-state index in [1.54, 1.807) is 24.1 Å². The number of aromatic nitrogens is 8. The van der Waals surface area contributed by atoms with Crippen LogP contribution in [-0.4, -0.2) is 46.2 Å². The van der Waals surface area contributed by atoms with Crippen molar-refractivity contribution in [2.24, 2.45) is 0 Å². The quantitative estimate of drug-likeness (QED) is 0.155. The molecular formula is C52H51FIr3N8OPt-4. The molecule has 0 aliphatic rings. The molecule has 0 bridgehead atoms. The smallest absolute Gasteiger partial charge is 0.0606 e. The molecule has 0 fully saturated rings. The molecule has 0 aliphatic carbocycles. The average Bonchev–Trinajstić information content (AvgIpc) is 4.04. The summed E-state index contributed by atoms with van der Waals surface area (Å²) in [5, 5.41) is 17.3. The number of hydrogen-bond acceptors (Lipinski definition) is 5. The van der Waals surface area contributed by atoms with Crippen LogP contribution in [0.2, 0.25) is 0 Å². The van der Waals surface area contributed by atoms with Gasteiger partial charge in [-0.15, -0.1) is 48.5 Å². The Hall–Kier alpha value is -4.69. The fourth-order valence-corrected chi connectivity index (χ4v) is 6.32. The van der Waals surface area contributed by atoms with Gasteiger partial charge in [-0.05, 0) is 93.5 Å². The van der Waals surface area contributed by atoms with Crippen LogP contribution in [0.3, 0.4) is 0 Å². The molecule has 9 aromatic rings. The number of halogens is 1. The first kappa shape index (κ1) is 57.4. The fourth-order valence-electron chi connectivity index (χ4n) is 6.32. The standard InChI is InChI=1S/C17H15N2.C12H13N2O.C12H13N2.C11H10FN2.3Ir.Pt/c1-13-7-6-10-16(11-13)19-14(2)17(12-18-19)15-8-4-3-5-9-15;1-9-8-13-14(10(9)2)11-4-6-12(15-3)7-5-11;1-9-5-4-6-12(7-9)14-11(3)10(2)8-13-14;1-8-7-13-14(9(8)2)11-5-3-10(12)4-6-11;;;;/h3-9,11-12H,1-2H3;4,6-8H,1-3H3;4-5,7-8H,1-3H3;3-5,7H,1-2H3;;;;/q4*-1;;;;. The van der Waals surface area contributed by atoms with E-state index in [-0.39, 0.29) is 87.2 Å². The Morgan fingerprint density at radius 1 is 0.470 bits per heavy atom. The predicted octanol–water partition coefficient (Wildman–Crippen LogP) is 11.3. The summed E-state index contributed by atoms with van der Waals surface area (Å²) in [6.45, 7) is 18.4. The van der Waals surface area contributed by atoms with Gasteiger partial charge in [0.05, 0.1) is 31.9 Å². The Labute approximate surface area is 443 Å². The van der Waals surface area contributed by atoms with Gasteiger partial charge in [0.15, 0.2) is 0 Å². The van der Waals surface area contributed by atoms with E-state index >= 15 is 0 Å². The van der Waals surface area contributed by atoms with Crippen LogP contribution in [-0.2, 0) is 81.4 Å². The normalized spacial score (nSPS) is 9.86. The molecule has 66 heavy (non-hydrogen) atoms. The van der Waals surface area contributed by atoms with Crippen molar-refractivity contribution in [3.8, 4) is 39.6 Å². The van der Waals surface area contributed by atoms with Crippen molar-refractivity contribution < 1.29 is 90.5 Å². The first-order valence-corrected chi connectivity index (χ1v) is 20.2. The van der Waals surface area contributed by atoms with Crippen LogP contribution in [0, 0.1) is 92.4 Å². The third kappa shape index (κ3) is 14.7. The molecule has 9 nitrogen and oxygen atoms in total. The Kier molecular flexibility index (Phi) is 23.7. The number of ether oxygens (including phenoxy) is 1. The van der Waals surface area contributed by atoms with Crippen molar-refractivity contribution in [1.82, 2.24) is 39.1 Å². The molecule has 3 radical (unpaired) electrons. The minimum atomic E-state index is -0.282. The summed E-state index contributed by atoms with van der Waals surface area (Å²) in [7, 11) is 1.64. The van der Waals surface area contributed by atoms with E-state index < -0.39 is 0 Å². The Morgan fingerprint density at radius 3 is 1.27 bits per heavy atom. The van der Waals surface area contributed by atoms with Crippen LogP contribution in [0.4, 0.5) is 4.39 Å². The van der Waals surface area contributed by atoms with E-state index in [0.717, 1.165) is 56.7 Å². The molecule has 0 atom stereocenters. The molecule has 14 heteroatoms. The second kappa shape index (κ2) is 27.2. The summed E-state index contributed by atoms with van der Waals surface area (Å²) in [6, 6.07) is 44.9. The second-order valence-corrected chi connectivity index (χ2v) is 14.9. The zero-order valence-electron chi connectivity index (χ0n) is 38.3. The molecular weight excluding hydrogens is 1540 g/mol. The van der Waals surface area contributed by atoms with E-state index in [1.807, 2.05) is 121 Å². The van der Waals surface area contributed by atoms with Gasteiger partial charge in [0.25, 0.3) is 0 Å². The largest absolute Gasteiger partial charge is 0.554 e. The summed E-state index contributed by atoms with van der Waals surface area (Å²) in [5.74, 6) is 0.524. The maximum Gasteiger partial charge on any atom is 0.0606 e. The summed E-state index contributed by atoms with van der Waals surface area (Å²) in [6.07, 6.45) is 7.44. The predicted molar refractivity (Wildman–Crippen MR) is 244 cm³/mol. The van der Waals surface area contributed by atoms with Gasteiger partial charge in [-0.2, -0.15) is 80.1 Å². The number of aryl methyl sites for hydroxylation is 5. The first-order chi connectivity index (χ1) is 29.8. The molecule has 353 valence electrons. The SMILES string of the molecule is COc1c[c-]c(-n2ncc(C)c2C)cc1.Cc1cc[c-]c(-n2ncc(-c3ccccc3)c2C)c1.Cc1cc[c-]c(-n2ncc(C)c2C)c1.Cc1cnn(-c2[c-]cc(F)cc2)c1C.[Ir].[Ir].[Ir].[Pt]. The Morgan fingerprint density at radius 2 is 0.894 bits per heavy atom. The first-order valence-electron chi connectivity index (χ1n) is 20.2. The number of benzene rings is 5.